The van der Waals surface area contributed by atoms with Crippen LogP contribution in [0.1, 0.15) is 29.9 Å². The Labute approximate surface area is 201 Å². The molecule has 1 aliphatic rings. The Morgan fingerprint density at radius 2 is 1.88 bits per heavy atom. The summed E-state index contributed by atoms with van der Waals surface area (Å²) in [6.07, 6.45) is 2.35. The molecule has 0 saturated heterocycles. The lowest BCUT2D eigenvalue weighted by molar-refractivity contribution is -0.385. The quantitative estimate of drug-likeness (QED) is 0.415. The van der Waals surface area contributed by atoms with E-state index in [1.807, 2.05) is 42.4 Å². The third kappa shape index (κ3) is 6.43. The number of nitro benzene ring substituents is 1. The van der Waals surface area contributed by atoms with E-state index in [0.29, 0.717) is 23.6 Å². The molecule has 4 rings (SSSR count). The Kier molecular flexibility index (Phi) is 10.2. The van der Waals surface area contributed by atoms with Gasteiger partial charge in [-0.3, -0.25) is 10.1 Å². The molecular formula is C24H30N2O7S. The molecule has 2 atom stereocenters. The molecule has 0 aliphatic carbocycles. The predicted molar refractivity (Wildman–Crippen MR) is 129 cm³/mol. The molecule has 2 unspecified atom stereocenters. The van der Waals surface area contributed by atoms with Gasteiger partial charge in [-0.25, -0.2) is 8.51 Å². The Balaban J connectivity index is 0.000000437. The molecule has 2 heterocycles. The summed E-state index contributed by atoms with van der Waals surface area (Å²) in [5.41, 5.74) is 2.00. The van der Waals surface area contributed by atoms with Crippen molar-refractivity contribution in [3.63, 3.8) is 0 Å². The van der Waals surface area contributed by atoms with Crippen molar-refractivity contribution in [1.82, 2.24) is 4.31 Å². The molecule has 34 heavy (non-hydrogen) atoms. The van der Waals surface area contributed by atoms with Gasteiger partial charge < -0.3 is 19.0 Å². The zero-order valence-corrected chi connectivity index (χ0v) is 20.7. The van der Waals surface area contributed by atoms with Crippen LogP contribution in [-0.2, 0) is 17.4 Å². The van der Waals surface area contributed by atoms with E-state index < -0.39 is 15.9 Å². The molecule has 1 aromatic heterocycles. The summed E-state index contributed by atoms with van der Waals surface area (Å²) in [5.74, 6) is 2.38. The van der Waals surface area contributed by atoms with Crippen LogP contribution in [0.4, 0.5) is 5.69 Å². The predicted octanol–water partition coefficient (Wildman–Crippen LogP) is 4.45. The van der Waals surface area contributed by atoms with Crippen LogP contribution < -0.4 is 9.47 Å². The maximum absolute atomic E-state index is 13.1. The first-order chi connectivity index (χ1) is 16.3. The lowest BCUT2D eigenvalue weighted by atomic mass is 9.94. The van der Waals surface area contributed by atoms with Gasteiger partial charge in [0.2, 0.25) is 0 Å². The lowest BCUT2D eigenvalue weighted by Gasteiger charge is -2.35. The van der Waals surface area contributed by atoms with E-state index in [1.54, 1.807) is 32.6 Å². The average molecular weight is 491 g/mol. The zero-order chi connectivity index (χ0) is 25.3. The van der Waals surface area contributed by atoms with E-state index in [4.69, 9.17) is 19.0 Å². The standard InChI is InChI=1S/C18H20N2O5S.C5H6O.CH4O/c1-12-18-13(9-15(24-2)11-17(18)25-3)7-8-19(12)26(23)16-6-4-5-14(10-16)20(21)22;1-5-3-2-4-6-5;1-2/h4-6,9-12H,7-8H2,1-3H3;2-4H,1H3;2H,1H3. The van der Waals surface area contributed by atoms with Crippen LogP contribution in [0.2, 0.25) is 0 Å². The van der Waals surface area contributed by atoms with E-state index in [9.17, 15) is 14.3 Å². The number of aliphatic hydroxyl groups excluding tert-OH is 1. The fourth-order valence-electron chi connectivity index (χ4n) is 3.62. The number of hydrogen-bond donors (Lipinski definition) is 1. The minimum Gasteiger partial charge on any atom is -0.497 e. The molecule has 0 fully saturated rings. The summed E-state index contributed by atoms with van der Waals surface area (Å²) in [5, 5.41) is 18.0. The van der Waals surface area contributed by atoms with Gasteiger partial charge in [0.25, 0.3) is 5.69 Å². The number of rotatable bonds is 5. The molecule has 9 nitrogen and oxygen atoms in total. The summed E-state index contributed by atoms with van der Waals surface area (Å²) >= 11 is 0. The van der Waals surface area contributed by atoms with E-state index in [-0.39, 0.29) is 11.7 Å². The van der Waals surface area contributed by atoms with Crippen molar-refractivity contribution in [1.29, 1.82) is 0 Å². The molecule has 1 N–H and O–H groups in total. The first-order valence-electron chi connectivity index (χ1n) is 10.5. The van der Waals surface area contributed by atoms with Crippen molar-refractivity contribution in [2.75, 3.05) is 27.9 Å². The van der Waals surface area contributed by atoms with E-state index >= 15 is 0 Å². The number of nitrogens with zero attached hydrogens (tertiary/aromatic N) is 2. The van der Waals surface area contributed by atoms with Crippen molar-refractivity contribution in [3.05, 3.63) is 81.8 Å². The minimum atomic E-state index is -1.51. The Morgan fingerprint density at radius 3 is 2.41 bits per heavy atom. The topological polar surface area (TPSA) is 115 Å². The highest BCUT2D eigenvalue weighted by Gasteiger charge is 2.32. The van der Waals surface area contributed by atoms with Crippen LogP contribution in [0.15, 0.2) is 64.1 Å². The van der Waals surface area contributed by atoms with Crippen molar-refractivity contribution in [2.24, 2.45) is 0 Å². The summed E-state index contributed by atoms with van der Waals surface area (Å²) < 4.78 is 30.6. The Hall–Kier alpha value is -3.21. The van der Waals surface area contributed by atoms with E-state index in [2.05, 4.69) is 0 Å². The molecule has 0 bridgehead atoms. The molecule has 0 amide bonds. The maximum atomic E-state index is 13.1. The van der Waals surface area contributed by atoms with Crippen LogP contribution in [0.25, 0.3) is 0 Å². The van der Waals surface area contributed by atoms with Crippen LogP contribution in [0, 0.1) is 17.0 Å². The fraction of sp³-hybridized carbons (Fsp3) is 0.333. The second-order valence-corrected chi connectivity index (χ2v) is 8.64. The minimum absolute atomic E-state index is 0.0665. The SMILES string of the molecule is CO.COc1cc2c(c(OC)c1)C(C)N(S(=O)c1cccc([N+](=O)[O-])c1)CC2.Cc1ccco1. The van der Waals surface area contributed by atoms with Crippen molar-refractivity contribution >= 4 is 16.7 Å². The van der Waals surface area contributed by atoms with Gasteiger partial charge in [0.05, 0.1) is 30.3 Å². The maximum Gasteiger partial charge on any atom is 0.270 e. The molecular weight excluding hydrogens is 460 g/mol. The number of methoxy groups -OCH3 is 2. The smallest absolute Gasteiger partial charge is 0.270 e. The van der Waals surface area contributed by atoms with E-state index in [1.165, 1.54) is 12.1 Å². The number of ether oxygens (including phenoxy) is 2. The highest BCUT2D eigenvalue weighted by Crippen LogP contribution is 2.40. The van der Waals surface area contributed by atoms with Crippen LogP contribution in [0.3, 0.4) is 0 Å². The molecule has 10 heteroatoms. The van der Waals surface area contributed by atoms with Crippen LogP contribution >= 0.6 is 0 Å². The number of fused-ring (bicyclic) bond motifs is 1. The first kappa shape index (κ1) is 27.0. The highest BCUT2D eigenvalue weighted by atomic mass is 32.2. The number of nitro groups is 1. The van der Waals surface area contributed by atoms with Crippen LogP contribution in [-0.4, -0.2) is 46.4 Å². The van der Waals surface area contributed by atoms with Gasteiger partial charge in [-0.1, -0.05) is 6.07 Å². The largest absolute Gasteiger partial charge is 0.497 e. The molecule has 0 saturated carbocycles. The zero-order valence-electron chi connectivity index (χ0n) is 19.9. The van der Waals surface area contributed by atoms with Gasteiger partial charge in [0.1, 0.15) is 28.2 Å². The first-order valence-corrected chi connectivity index (χ1v) is 11.6. The van der Waals surface area contributed by atoms with Crippen LogP contribution in [0.5, 0.6) is 11.5 Å². The monoisotopic (exact) mass is 490 g/mol. The average Bonchev–Trinajstić information content (AvgIpc) is 3.35. The number of furan rings is 1. The lowest BCUT2D eigenvalue weighted by Crippen LogP contribution is -2.35. The molecule has 2 aromatic carbocycles. The molecule has 1 aliphatic heterocycles. The molecule has 0 radical (unpaired) electrons. The molecule has 3 aromatic rings. The number of benzene rings is 2. The van der Waals surface area contributed by atoms with Gasteiger partial charge in [0, 0.05) is 43.5 Å². The van der Waals surface area contributed by atoms with Crippen molar-refractivity contribution in [3.8, 4) is 11.5 Å². The highest BCUT2D eigenvalue weighted by molar-refractivity contribution is 7.82. The normalized spacial score (nSPS) is 15.5. The molecule has 184 valence electrons. The van der Waals surface area contributed by atoms with Crippen molar-refractivity contribution < 1.29 is 28.1 Å². The van der Waals surface area contributed by atoms with Gasteiger partial charge in [-0.05, 0) is 50.1 Å². The third-order valence-electron chi connectivity index (χ3n) is 5.21. The second-order valence-electron chi connectivity index (χ2n) is 7.20. The number of hydrogen-bond acceptors (Lipinski definition) is 7. The third-order valence-corrected chi connectivity index (χ3v) is 6.80. The summed E-state index contributed by atoms with van der Waals surface area (Å²) in [6.45, 7) is 4.45. The summed E-state index contributed by atoms with van der Waals surface area (Å²) in [6, 6.07) is 13.4. The Morgan fingerprint density at radius 1 is 1.15 bits per heavy atom. The van der Waals surface area contributed by atoms with Gasteiger partial charge in [-0.2, -0.15) is 0 Å². The number of aryl methyl sites for hydroxylation is 1. The van der Waals surface area contributed by atoms with Gasteiger partial charge >= 0.3 is 0 Å². The number of aliphatic hydroxyl groups is 1. The van der Waals surface area contributed by atoms with Gasteiger partial charge in [0.15, 0.2) is 0 Å². The fourth-order valence-corrected chi connectivity index (χ4v) is 4.96. The van der Waals surface area contributed by atoms with Crippen molar-refractivity contribution in [2.45, 2.75) is 31.2 Å². The summed E-state index contributed by atoms with van der Waals surface area (Å²) in [4.78, 5) is 10.9. The van der Waals surface area contributed by atoms with E-state index in [0.717, 1.165) is 29.7 Å². The summed E-state index contributed by atoms with van der Waals surface area (Å²) in [7, 11) is 2.69. The Bertz CT molecular complexity index is 1090. The second kappa shape index (κ2) is 12.9. The number of non-ortho nitro benzene ring substituents is 1. The molecule has 0 spiro atoms. The van der Waals surface area contributed by atoms with Gasteiger partial charge in [-0.15, -0.1) is 0 Å².